The zero-order valence-corrected chi connectivity index (χ0v) is 8.56. The first-order valence-electron chi connectivity index (χ1n) is 4.55. The van der Waals surface area contributed by atoms with Crippen LogP contribution in [0, 0.1) is 0 Å². The summed E-state index contributed by atoms with van der Waals surface area (Å²) in [6, 6.07) is 0.464. The third-order valence-electron chi connectivity index (χ3n) is 2.53. The standard InChI is InChI=1S/C9H10N4S/c1-4-2-5-7-6(8(10)13-14-7)3-11-9(5)12-4/h3-4H,2H2,1H3,(H2,10,13)(H,11,12)/t4-/m1/s1. The van der Waals surface area contributed by atoms with Crippen molar-refractivity contribution in [1.82, 2.24) is 9.36 Å². The number of fused-ring (bicyclic) bond motifs is 3. The molecule has 0 spiro atoms. The molecule has 0 bridgehead atoms. The summed E-state index contributed by atoms with van der Waals surface area (Å²) in [7, 11) is 0. The van der Waals surface area contributed by atoms with Crippen molar-refractivity contribution in [2.45, 2.75) is 19.4 Å². The van der Waals surface area contributed by atoms with Gasteiger partial charge in [0.1, 0.15) is 11.6 Å². The van der Waals surface area contributed by atoms with Crippen LogP contribution in [0.25, 0.3) is 10.1 Å². The molecule has 14 heavy (non-hydrogen) atoms. The maximum Gasteiger partial charge on any atom is 0.146 e. The first-order valence-corrected chi connectivity index (χ1v) is 5.32. The molecular weight excluding hydrogens is 196 g/mol. The van der Waals surface area contributed by atoms with Crippen LogP contribution in [0.3, 0.4) is 0 Å². The van der Waals surface area contributed by atoms with Gasteiger partial charge in [0.05, 0.1) is 10.1 Å². The van der Waals surface area contributed by atoms with Gasteiger partial charge in [0.15, 0.2) is 0 Å². The largest absolute Gasteiger partial charge is 0.382 e. The lowest BCUT2D eigenvalue weighted by atomic mass is 10.1. The smallest absolute Gasteiger partial charge is 0.146 e. The minimum Gasteiger partial charge on any atom is -0.382 e. The molecule has 0 aromatic carbocycles. The lowest BCUT2D eigenvalue weighted by molar-refractivity contribution is 0.841. The van der Waals surface area contributed by atoms with Gasteiger partial charge in [0.2, 0.25) is 0 Å². The molecule has 3 N–H and O–H groups in total. The predicted molar refractivity (Wildman–Crippen MR) is 58.6 cm³/mol. The number of hydrogen-bond acceptors (Lipinski definition) is 5. The third kappa shape index (κ3) is 0.928. The van der Waals surface area contributed by atoms with Crippen molar-refractivity contribution in [3.8, 4) is 0 Å². The highest BCUT2D eigenvalue weighted by atomic mass is 32.1. The highest BCUT2D eigenvalue weighted by Gasteiger charge is 2.22. The number of rotatable bonds is 0. The van der Waals surface area contributed by atoms with Gasteiger partial charge < -0.3 is 11.1 Å². The monoisotopic (exact) mass is 206 g/mol. The molecule has 0 fully saturated rings. The van der Waals surface area contributed by atoms with E-state index >= 15 is 0 Å². The Kier molecular flexibility index (Phi) is 1.47. The first kappa shape index (κ1) is 7.99. The van der Waals surface area contributed by atoms with Crippen LogP contribution in [0.15, 0.2) is 6.20 Å². The summed E-state index contributed by atoms with van der Waals surface area (Å²) < 4.78 is 5.33. The van der Waals surface area contributed by atoms with Crippen LogP contribution in [0.2, 0.25) is 0 Å². The SMILES string of the molecule is C[C@@H]1Cc2c(ncc3c(N)nsc23)N1. The lowest BCUT2D eigenvalue weighted by Crippen LogP contribution is -2.08. The Labute approximate surface area is 85.3 Å². The molecule has 4 nitrogen and oxygen atoms in total. The number of pyridine rings is 1. The number of nitrogens with zero attached hydrogens (tertiary/aromatic N) is 2. The summed E-state index contributed by atoms with van der Waals surface area (Å²) >= 11 is 1.47. The predicted octanol–water partition coefficient (Wildman–Crippen LogP) is 1.63. The van der Waals surface area contributed by atoms with Gasteiger partial charge in [-0.3, -0.25) is 0 Å². The number of nitrogen functional groups attached to an aromatic ring is 1. The number of nitrogens with one attached hydrogen (secondary N) is 1. The van der Waals surface area contributed by atoms with Crippen LogP contribution < -0.4 is 11.1 Å². The molecule has 0 amide bonds. The Hall–Kier alpha value is -1.36. The van der Waals surface area contributed by atoms with E-state index in [0.717, 1.165) is 17.6 Å². The first-order chi connectivity index (χ1) is 6.75. The quantitative estimate of drug-likeness (QED) is 0.687. The summed E-state index contributed by atoms with van der Waals surface area (Å²) in [5.41, 5.74) is 7.01. The average Bonchev–Trinajstić information content (AvgIpc) is 2.68. The third-order valence-corrected chi connectivity index (χ3v) is 3.47. The van der Waals surface area contributed by atoms with Crippen molar-refractivity contribution < 1.29 is 0 Å². The fourth-order valence-electron chi connectivity index (χ4n) is 1.87. The molecule has 1 atom stereocenters. The second-order valence-corrected chi connectivity index (χ2v) is 4.42. The van der Waals surface area contributed by atoms with Crippen LogP contribution in [0.1, 0.15) is 12.5 Å². The Morgan fingerprint density at radius 2 is 2.50 bits per heavy atom. The summed E-state index contributed by atoms with van der Waals surface area (Å²) in [4.78, 5) is 4.35. The normalized spacial score (nSPS) is 19.6. The van der Waals surface area contributed by atoms with Crippen LogP contribution in [0.5, 0.6) is 0 Å². The number of hydrogen-bond donors (Lipinski definition) is 2. The van der Waals surface area contributed by atoms with Crippen LogP contribution in [-0.4, -0.2) is 15.4 Å². The van der Waals surface area contributed by atoms with Gasteiger partial charge in [-0.15, -0.1) is 0 Å². The van der Waals surface area contributed by atoms with E-state index in [1.165, 1.54) is 21.8 Å². The van der Waals surface area contributed by atoms with Crippen molar-refractivity contribution in [3.63, 3.8) is 0 Å². The van der Waals surface area contributed by atoms with Crippen molar-refractivity contribution >= 4 is 33.3 Å². The number of anilines is 2. The molecule has 3 rings (SSSR count). The van der Waals surface area contributed by atoms with Gasteiger partial charge in [-0.25, -0.2) is 4.98 Å². The Morgan fingerprint density at radius 1 is 1.64 bits per heavy atom. The summed E-state index contributed by atoms with van der Waals surface area (Å²) in [5, 5.41) is 4.32. The molecule has 0 aliphatic carbocycles. The van der Waals surface area contributed by atoms with E-state index in [0.29, 0.717) is 11.9 Å². The highest BCUT2D eigenvalue weighted by Crippen LogP contribution is 2.35. The highest BCUT2D eigenvalue weighted by molar-refractivity contribution is 7.14. The van der Waals surface area contributed by atoms with E-state index < -0.39 is 0 Å². The zero-order chi connectivity index (χ0) is 9.71. The molecule has 2 aromatic heterocycles. The van der Waals surface area contributed by atoms with Crippen molar-refractivity contribution in [2.75, 3.05) is 11.1 Å². The minimum absolute atomic E-state index is 0.464. The molecule has 0 saturated heterocycles. The van der Waals surface area contributed by atoms with Gasteiger partial charge in [-0.2, -0.15) is 4.37 Å². The van der Waals surface area contributed by atoms with E-state index in [2.05, 4.69) is 21.6 Å². The van der Waals surface area contributed by atoms with Crippen molar-refractivity contribution in [3.05, 3.63) is 11.8 Å². The van der Waals surface area contributed by atoms with Crippen molar-refractivity contribution in [2.24, 2.45) is 0 Å². The fourth-order valence-corrected chi connectivity index (χ4v) is 2.70. The molecule has 72 valence electrons. The second-order valence-electron chi connectivity index (χ2n) is 3.65. The maximum absolute atomic E-state index is 5.74. The van der Waals surface area contributed by atoms with E-state index in [1.807, 2.05) is 0 Å². The number of nitrogens with two attached hydrogens (primary N) is 1. The average molecular weight is 206 g/mol. The summed E-state index contributed by atoms with van der Waals surface area (Å²) in [6.07, 6.45) is 2.82. The summed E-state index contributed by atoms with van der Waals surface area (Å²) in [5.74, 6) is 1.59. The molecule has 0 unspecified atom stereocenters. The van der Waals surface area contributed by atoms with Gasteiger partial charge in [0.25, 0.3) is 0 Å². The molecule has 0 saturated carbocycles. The van der Waals surface area contributed by atoms with Crippen LogP contribution in [0.4, 0.5) is 11.6 Å². The van der Waals surface area contributed by atoms with Gasteiger partial charge in [-0.05, 0) is 24.9 Å². The molecule has 1 aliphatic rings. The Morgan fingerprint density at radius 3 is 3.36 bits per heavy atom. The molecule has 2 aromatic rings. The van der Waals surface area contributed by atoms with Crippen LogP contribution >= 0.6 is 11.5 Å². The topological polar surface area (TPSA) is 63.8 Å². The molecule has 5 heteroatoms. The van der Waals surface area contributed by atoms with Gasteiger partial charge >= 0.3 is 0 Å². The zero-order valence-electron chi connectivity index (χ0n) is 7.74. The fraction of sp³-hybridized carbons (Fsp3) is 0.333. The minimum atomic E-state index is 0.464. The molecule has 0 radical (unpaired) electrons. The van der Waals surface area contributed by atoms with Gasteiger partial charge in [0, 0.05) is 17.8 Å². The van der Waals surface area contributed by atoms with Crippen molar-refractivity contribution in [1.29, 1.82) is 0 Å². The Balaban J connectivity index is 2.34. The lowest BCUT2D eigenvalue weighted by Gasteiger charge is -2.00. The second kappa shape index (κ2) is 2.57. The Bertz CT molecular complexity index is 505. The number of aromatic nitrogens is 2. The van der Waals surface area contributed by atoms with E-state index in [1.54, 1.807) is 6.20 Å². The molecule has 3 heterocycles. The molecular formula is C9H10N4S. The maximum atomic E-state index is 5.74. The van der Waals surface area contributed by atoms with E-state index in [9.17, 15) is 0 Å². The molecule has 1 aliphatic heterocycles. The van der Waals surface area contributed by atoms with E-state index in [4.69, 9.17) is 5.73 Å². The summed E-state index contributed by atoms with van der Waals surface area (Å²) in [6.45, 7) is 2.15. The van der Waals surface area contributed by atoms with Gasteiger partial charge in [-0.1, -0.05) is 0 Å². The van der Waals surface area contributed by atoms with Crippen LogP contribution in [-0.2, 0) is 6.42 Å². The van der Waals surface area contributed by atoms with E-state index in [-0.39, 0.29) is 0 Å².